The highest BCUT2D eigenvalue weighted by atomic mass is 35.5. The number of aromatic nitrogens is 2. The summed E-state index contributed by atoms with van der Waals surface area (Å²) in [6.07, 6.45) is 0. The van der Waals surface area contributed by atoms with Crippen LogP contribution in [-0.4, -0.2) is 17.0 Å². The van der Waals surface area contributed by atoms with E-state index in [1.807, 2.05) is 0 Å². The van der Waals surface area contributed by atoms with Crippen molar-refractivity contribution >= 4 is 34.0 Å². The molecule has 0 atom stereocenters. The zero-order valence-corrected chi connectivity index (χ0v) is 12.1. The predicted molar refractivity (Wildman–Crippen MR) is 78.9 cm³/mol. The molecule has 1 heterocycles. The third-order valence-electron chi connectivity index (χ3n) is 3.20. The highest BCUT2D eigenvalue weighted by Crippen LogP contribution is 2.31. The van der Waals surface area contributed by atoms with Crippen molar-refractivity contribution in [1.29, 1.82) is 0 Å². The van der Waals surface area contributed by atoms with Crippen LogP contribution in [0.25, 0.3) is 10.9 Å². The molecule has 0 aliphatic carbocycles. The molecule has 22 heavy (non-hydrogen) atoms. The summed E-state index contributed by atoms with van der Waals surface area (Å²) in [6.45, 7) is 0. The Balaban J connectivity index is 2.23. The third kappa shape index (κ3) is 2.57. The van der Waals surface area contributed by atoms with Crippen LogP contribution in [-0.2, 0) is 0 Å². The first-order valence-electron chi connectivity index (χ1n) is 6.27. The van der Waals surface area contributed by atoms with Gasteiger partial charge in [-0.25, -0.2) is 18.2 Å². The van der Waals surface area contributed by atoms with Crippen molar-refractivity contribution in [3.63, 3.8) is 0 Å². The molecule has 0 aliphatic heterocycles. The molecule has 0 radical (unpaired) electrons. The van der Waals surface area contributed by atoms with Crippen molar-refractivity contribution in [2.75, 3.05) is 11.9 Å². The van der Waals surface area contributed by atoms with E-state index in [2.05, 4.69) is 9.97 Å². The van der Waals surface area contributed by atoms with Crippen LogP contribution in [0.1, 0.15) is 0 Å². The lowest BCUT2D eigenvalue weighted by Gasteiger charge is -2.20. The quantitative estimate of drug-likeness (QED) is 0.652. The Labute approximate surface area is 129 Å². The van der Waals surface area contributed by atoms with E-state index in [-0.39, 0.29) is 22.0 Å². The first-order valence-corrected chi connectivity index (χ1v) is 6.65. The molecular formula is C15H9ClF3N3. The van der Waals surface area contributed by atoms with Gasteiger partial charge in [0, 0.05) is 24.2 Å². The number of rotatable bonds is 2. The van der Waals surface area contributed by atoms with E-state index in [9.17, 15) is 13.2 Å². The van der Waals surface area contributed by atoms with Gasteiger partial charge in [0.1, 0.15) is 11.6 Å². The van der Waals surface area contributed by atoms with E-state index in [4.69, 9.17) is 11.6 Å². The van der Waals surface area contributed by atoms with Gasteiger partial charge < -0.3 is 4.90 Å². The molecule has 0 amide bonds. The summed E-state index contributed by atoms with van der Waals surface area (Å²) < 4.78 is 40.2. The molecule has 1 aromatic heterocycles. The number of nitrogens with zero attached hydrogens (tertiary/aromatic N) is 3. The van der Waals surface area contributed by atoms with Crippen LogP contribution in [0.15, 0.2) is 36.4 Å². The fourth-order valence-electron chi connectivity index (χ4n) is 2.14. The number of benzene rings is 2. The highest BCUT2D eigenvalue weighted by Gasteiger charge is 2.16. The van der Waals surface area contributed by atoms with Gasteiger partial charge in [-0.05, 0) is 35.9 Å². The first-order chi connectivity index (χ1) is 10.5. The van der Waals surface area contributed by atoms with Crippen LogP contribution < -0.4 is 4.90 Å². The number of halogens is 4. The minimum absolute atomic E-state index is 0.114. The number of hydrogen-bond acceptors (Lipinski definition) is 3. The fraction of sp³-hybridized carbons (Fsp3) is 0.0667. The molecule has 3 nitrogen and oxygen atoms in total. The van der Waals surface area contributed by atoms with Crippen molar-refractivity contribution < 1.29 is 13.2 Å². The summed E-state index contributed by atoms with van der Waals surface area (Å²) in [5, 5.41) is 0.159. The van der Waals surface area contributed by atoms with E-state index in [0.717, 1.165) is 12.1 Å². The molecule has 0 saturated carbocycles. The van der Waals surface area contributed by atoms with Crippen molar-refractivity contribution in [3.8, 4) is 0 Å². The van der Waals surface area contributed by atoms with E-state index in [0.29, 0.717) is 5.69 Å². The summed E-state index contributed by atoms with van der Waals surface area (Å²) in [5.74, 6) is -2.22. The van der Waals surface area contributed by atoms with Gasteiger partial charge in [-0.1, -0.05) is 6.07 Å². The van der Waals surface area contributed by atoms with E-state index in [1.54, 1.807) is 13.1 Å². The van der Waals surface area contributed by atoms with Gasteiger partial charge in [0.25, 0.3) is 0 Å². The maximum atomic E-state index is 13.5. The van der Waals surface area contributed by atoms with E-state index >= 15 is 0 Å². The number of hydrogen-bond donors (Lipinski definition) is 0. The van der Waals surface area contributed by atoms with Gasteiger partial charge in [-0.15, -0.1) is 0 Å². The Morgan fingerprint density at radius 1 is 1.00 bits per heavy atom. The Kier molecular flexibility index (Phi) is 3.62. The fourth-order valence-corrected chi connectivity index (χ4v) is 2.31. The molecular weight excluding hydrogens is 315 g/mol. The van der Waals surface area contributed by atoms with Gasteiger partial charge in [-0.3, -0.25) is 0 Å². The Bertz CT molecular complexity index is 870. The van der Waals surface area contributed by atoms with Crippen molar-refractivity contribution in [2.45, 2.75) is 0 Å². The SMILES string of the molecule is CN(c1cccc(F)c1)c1nc(Cl)nc2cc(F)c(F)cc12. The molecule has 0 saturated heterocycles. The summed E-state index contributed by atoms with van der Waals surface area (Å²) in [6, 6.07) is 7.73. The molecule has 0 spiro atoms. The zero-order valence-electron chi connectivity index (χ0n) is 11.3. The largest absolute Gasteiger partial charge is 0.329 e. The summed E-state index contributed by atoms with van der Waals surface area (Å²) >= 11 is 5.84. The number of anilines is 2. The monoisotopic (exact) mass is 323 g/mol. The van der Waals surface area contributed by atoms with E-state index in [1.165, 1.54) is 23.1 Å². The second-order valence-corrected chi connectivity index (χ2v) is 4.98. The molecule has 3 rings (SSSR count). The smallest absolute Gasteiger partial charge is 0.224 e. The van der Waals surface area contributed by atoms with Gasteiger partial charge in [0.2, 0.25) is 5.28 Å². The zero-order chi connectivity index (χ0) is 15.9. The lowest BCUT2D eigenvalue weighted by atomic mass is 10.2. The Morgan fingerprint density at radius 2 is 1.73 bits per heavy atom. The van der Waals surface area contributed by atoms with Crippen LogP contribution in [0.2, 0.25) is 5.28 Å². The summed E-state index contributed by atoms with van der Waals surface area (Å²) in [4.78, 5) is 9.45. The van der Waals surface area contributed by atoms with Gasteiger partial charge in [0.05, 0.1) is 5.52 Å². The molecule has 7 heteroatoms. The van der Waals surface area contributed by atoms with Crippen LogP contribution in [0.5, 0.6) is 0 Å². The second kappa shape index (κ2) is 5.46. The summed E-state index contributed by atoms with van der Waals surface area (Å²) in [5.41, 5.74) is 0.651. The van der Waals surface area contributed by atoms with E-state index < -0.39 is 17.5 Å². The molecule has 0 bridgehead atoms. The summed E-state index contributed by atoms with van der Waals surface area (Å²) in [7, 11) is 1.62. The average Bonchev–Trinajstić information content (AvgIpc) is 2.47. The molecule has 3 aromatic rings. The number of fused-ring (bicyclic) bond motifs is 1. The lowest BCUT2D eigenvalue weighted by Crippen LogP contribution is -2.13. The molecule has 0 fully saturated rings. The standard InChI is InChI=1S/C15H9ClF3N3/c1-22(9-4-2-3-8(17)5-9)14-10-6-11(18)12(19)7-13(10)20-15(16)21-14/h2-7H,1H3. The minimum Gasteiger partial charge on any atom is -0.329 e. The highest BCUT2D eigenvalue weighted by molar-refractivity contribution is 6.28. The average molecular weight is 324 g/mol. The van der Waals surface area contributed by atoms with Crippen molar-refractivity contribution in [3.05, 3.63) is 59.1 Å². The molecule has 112 valence electrons. The van der Waals surface area contributed by atoms with Crippen LogP contribution in [0.3, 0.4) is 0 Å². The predicted octanol–water partition coefficient (Wildman–Crippen LogP) is 4.47. The third-order valence-corrected chi connectivity index (χ3v) is 3.37. The van der Waals surface area contributed by atoms with Crippen molar-refractivity contribution in [2.24, 2.45) is 0 Å². The molecule has 0 N–H and O–H groups in total. The van der Waals surface area contributed by atoms with Gasteiger partial charge >= 0.3 is 0 Å². The Hall–Kier alpha value is -2.34. The van der Waals surface area contributed by atoms with Crippen LogP contribution >= 0.6 is 11.6 Å². The molecule has 0 unspecified atom stereocenters. The van der Waals surface area contributed by atoms with Gasteiger partial charge in [0.15, 0.2) is 11.6 Å². The maximum Gasteiger partial charge on any atom is 0.224 e. The molecule has 2 aromatic carbocycles. The topological polar surface area (TPSA) is 29.0 Å². The van der Waals surface area contributed by atoms with Crippen LogP contribution in [0, 0.1) is 17.5 Å². The van der Waals surface area contributed by atoms with Crippen LogP contribution in [0.4, 0.5) is 24.7 Å². The normalized spacial score (nSPS) is 11.0. The lowest BCUT2D eigenvalue weighted by molar-refractivity contribution is 0.510. The molecule has 0 aliphatic rings. The van der Waals surface area contributed by atoms with Crippen molar-refractivity contribution in [1.82, 2.24) is 9.97 Å². The maximum absolute atomic E-state index is 13.5. The second-order valence-electron chi connectivity index (χ2n) is 4.64. The minimum atomic E-state index is -1.03. The first kappa shape index (κ1) is 14.6. The van der Waals surface area contributed by atoms with Gasteiger partial charge in [-0.2, -0.15) is 4.98 Å². The Morgan fingerprint density at radius 3 is 2.45 bits per heavy atom.